The highest BCUT2D eigenvalue weighted by molar-refractivity contribution is 5.24. The number of halogens is 3. The summed E-state index contributed by atoms with van der Waals surface area (Å²) in [7, 11) is 0. The monoisotopic (exact) mass is 232 g/mol. The first kappa shape index (κ1) is 12.9. The SMILES string of the molecule is CC(C)c1ncc(C(F)(F)F)c(C(C)C)n1. The van der Waals surface area contributed by atoms with E-state index in [4.69, 9.17) is 0 Å². The zero-order chi connectivity index (χ0) is 12.5. The zero-order valence-corrected chi connectivity index (χ0v) is 9.76. The molecule has 1 rings (SSSR count). The second kappa shape index (κ2) is 4.39. The van der Waals surface area contributed by atoms with Crippen molar-refractivity contribution < 1.29 is 13.2 Å². The van der Waals surface area contributed by atoms with E-state index in [1.54, 1.807) is 13.8 Å². The molecule has 16 heavy (non-hydrogen) atoms. The third kappa shape index (κ3) is 2.71. The van der Waals surface area contributed by atoms with Gasteiger partial charge in [-0.15, -0.1) is 0 Å². The van der Waals surface area contributed by atoms with Crippen molar-refractivity contribution in [2.45, 2.75) is 45.7 Å². The summed E-state index contributed by atoms with van der Waals surface area (Å²) in [6.45, 7) is 7.10. The lowest BCUT2D eigenvalue weighted by Crippen LogP contribution is -2.15. The Balaban J connectivity index is 3.31. The van der Waals surface area contributed by atoms with Gasteiger partial charge in [-0.2, -0.15) is 13.2 Å². The van der Waals surface area contributed by atoms with Gasteiger partial charge in [-0.05, 0) is 5.92 Å². The first-order valence-corrected chi connectivity index (χ1v) is 5.17. The van der Waals surface area contributed by atoms with Crippen molar-refractivity contribution in [1.82, 2.24) is 9.97 Å². The van der Waals surface area contributed by atoms with Crippen LogP contribution in [0.4, 0.5) is 13.2 Å². The van der Waals surface area contributed by atoms with E-state index >= 15 is 0 Å². The second-order valence-electron chi connectivity index (χ2n) is 4.33. The van der Waals surface area contributed by atoms with Crippen LogP contribution in [-0.2, 0) is 6.18 Å². The van der Waals surface area contributed by atoms with Gasteiger partial charge in [0, 0.05) is 12.1 Å². The van der Waals surface area contributed by atoms with Crippen LogP contribution in [0.15, 0.2) is 6.20 Å². The lowest BCUT2D eigenvalue weighted by molar-refractivity contribution is -0.138. The lowest BCUT2D eigenvalue weighted by Gasteiger charge is -2.15. The molecule has 1 aromatic rings. The lowest BCUT2D eigenvalue weighted by atomic mass is 10.0. The highest BCUT2D eigenvalue weighted by Crippen LogP contribution is 2.34. The number of hydrogen-bond donors (Lipinski definition) is 0. The first-order valence-electron chi connectivity index (χ1n) is 5.17. The maximum Gasteiger partial charge on any atom is 0.419 e. The molecule has 0 unspecified atom stereocenters. The third-order valence-corrected chi connectivity index (χ3v) is 2.21. The molecule has 1 heterocycles. The molecule has 0 aliphatic rings. The Kier molecular flexibility index (Phi) is 3.55. The molecule has 0 saturated heterocycles. The molecule has 0 aliphatic heterocycles. The van der Waals surface area contributed by atoms with Gasteiger partial charge >= 0.3 is 6.18 Å². The highest BCUT2D eigenvalue weighted by Gasteiger charge is 2.35. The van der Waals surface area contributed by atoms with Crippen molar-refractivity contribution in [2.75, 3.05) is 0 Å². The van der Waals surface area contributed by atoms with Crippen LogP contribution in [0.1, 0.15) is 56.6 Å². The number of alkyl halides is 3. The molecule has 90 valence electrons. The van der Waals surface area contributed by atoms with Gasteiger partial charge in [0.2, 0.25) is 0 Å². The van der Waals surface area contributed by atoms with Gasteiger partial charge in [0.05, 0.1) is 11.3 Å². The largest absolute Gasteiger partial charge is 0.419 e. The molecule has 5 heteroatoms. The fourth-order valence-corrected chi connectivity index (χ4v) is 1.35. The summed E-state index contributed by atoms with van der Waals surface area (Å²) in [6.07, 6.45) is -3.49. The Morgan fingerprint density at radius 3 is 2.00 bits per heavy atom. The molecule has 1 aromatic heterocycles. The fraction of sp³-hybridized carbons (Fsp3) is 0.636. The summed E-state index contributed by atoms with van der Waals surface area (Å²) < 4.78 is 38.0. The predicted molar refractivity (Wildman–Crippen MR) is 55.2 cm³/mol. The van der Waals surface area contributed by atoms with Crippen molar-refractivity contribution in [3.05, 3.63) is 23.3 Å². The minimum Gasteiger partial charge on any atom is -0.240 e. The van der Waals surface area contributed by atoms with Gasteiger partial charge in [0.25, 0.3) is 0 Å². The summed E-state index contributed by atoms with van der Waals surface area (Å²) in [6, 6.07) is 0. The number of nitrogens with zero attached hydrogens (tertiary/aromatic N) is 2. The van der Waals surface area contributed by atoms with E-state index in [9.17, 15) is 13.2 Å². The average Bonchev–Trinajstić information content (AvgIpc) is 2.15. The normalized spacial score (nSPS) is 12.6. The molecule has 0 amide bonds. The van der Waals surface area contributed by atoms with E-state index in [0.717, 1.165) is 6.20 Å². The van der Waals surface area contributed by atoms with Crippen molar-refractivity contribution >= 4 is 0 Å². The molecule has 0 bridgehead atoms. The van der Waals surface area contributed by atoms with Crippen LogP contribution >= 0.6 is 0 Å². The van der Waals surface area contributed by atoms with Crippen LogP contribution in [0.25, 0.3) is 0 Å². The molecule has 0 saturated carbocycles. The van der Waals surface area contributed by atoms with E-state index in [1.165, 1.54) is 0 Å². The van der Waals surface area contributed by atoms with Gasteiger partial charge in [0.1, 0.15) is 5.82 Å². The number of aromatic nitrogens is 2. The fourth-order valence-electron chi connectivity index (χ4n) is 1.35. The van der Waals surface area contributed by atoms with E-state index in [-0.39, 0.29) is 17.5 Å². The number of hydrogen-bond acceptors (Lipinski definition) is 2. The first-order chi connectivity index (χ1) is 7.23. The Hall–Kier alpha value is -1.13. The van der Waals surface area contributed by atoms with Gasteiger partial charge < -0.3 is 0 Å². The van der Waals surface area contributed by atoms with Gasteiger partial charge in [-0.1, -0.05) is 27.7 Å². The van der Waals surface area contributed by atoms with Crippen LogP contribution in [0.3, 0.4) is 0 Å². The number of rotatable bonds is 2. The van der Waals surface area contributed by atoms with Crippen LogP contribution in [0.5, 0.6) is 0 Å². The quantitative estimate of drug-likeness (QED) is 0.776. The minimum atomic E-state index is -4.38. The highest BCUT2D eigenvalue weighted by atomic mass is 19.4. The van der Waals surface area contributed by atoms with E-state index in [1.807, 2.05) is 13.8 Å². The van der Waals surface area contributed by atoms with Crippen LogP contribution in [0.2, 0.25) is 0 Å². The molecule has 2 nitrogen and oxygen atoms in total. The Labute approximate surface area is 92.9 Å². The van der Waals surface area contributed by atoms with Gasteiger partial charge in [0.15, 0.2) is 0 Å². The van der Waals surface area contributed by atoms with Gasteiger partial charge in [-0.25, -0.2) is 9.97 Å². The van der Waals surface area contributed by atoms with E-state index in [0.29, 0.717) is 5.82 Å². The molecule has 0 aliphatic carbocycles. The zero-order valence-electron chi connectivity index (χ0n) is 9.76. The molecule has 0 aromatic carbocycles. The van der Waals surface area contributed by atoms with Crippen LogP contribution < -0.4 is 0 Å². The van der Waals surface area contributed by atoms with E-state index in [2.05, 4.69) is 9.97 Å². The van der Waals surface area contributed by atoms with Crippen LogP contribution in [-0.4, -0.2) is 9.97 Å². The molecule has 0 radical (unpaired) electrons. The summed E-state index contributed by atoms with van der Waals surface area (Å²) in [5.41, 5.74) is -0.655. The van der Waals surface area contributed by atoms with Gasteiger partial charge in [-0.3, -0.25) is 0 Å². The standard InChI is InChI=1S/C11H15F3N2/c1-6(2)9-8(11(12,13)14)5-15-10(16-9)7(3)4/h5-7H,1-4H3. The van der Waals surface area contributed by atoms with Crippen molar-refractivity contribution in [3.63, 3.8) is 0 Å². The summed E-state index contributed by atoms with van der Waals surface area (Å²) in [5, 5.41) is 0. The predicted octanol–water partition coefficient (Wildman–Crippen LogP) is 3.74. The second-order valence-corrected chi connectivity index (χ2v) is 4.33. The molecule has 0 fully saturated rings. The summed E-state index contributed by atoms with van der Waals surface area (Å²) in [4.78, 5) is 7.76. The molecule has 0 N–H and O–H groups in total. The minimum absolute atomic E-state index is 0.0276. The van der Waals surface area contributed by atoms with Crippen molar-refractivity contribution in [3.8, 4) is 0 Å². The Morgan fingerprint density at radius 2 is 1.62 bits per heavy atom. The Bertz CT molecular complexity index is 370. The molecule has 0 atom stereocenters. The van der Waals surface area contributed by atoms with Crippen LogP contribution in [0, 0.1) is 0 Å². The molecular weight excluding hydrogens is 217 g/mol. The third-order valence-electron chi connectivity index (χ3n) is 2.21. The maximum absolute atomic E-state index is 12.7. The molecule has 0 spiro atoms. The topological polar surface area (TPSA) is 25.8 Å². The maximum atomic E-state index is 12.7. The molecular formula is C11H15F3N2. The van der Waals surface area contributed by atoms with Crippen molar-refractivity contribution in [1.29, 1.82) is 0 Å². The average molecular weight is 232 g/mol. The van der Waals surface area contributed by atoms with Crippen molar-refractivity contribution in [2.24, 2.45) is 0 Å². The smallest absolute Gasteiger partial charge is 0.240 e. The summed E-state index contributed by atoms with van der Waals surface area (Å²) >= 11 is 0. The Morgan fingerprint density at radius 1 is 1.06 bits per heavy atom. The van der Waals surface area contributed by atoms with E-state index < -0.39 is 11.7 Å². The summed E-state index contributed by atoms with van der Waals surface area (Å²) in [5.74, 6) is 0.216.